The zero-order chi connectivity index (χ0) is 29.4. The molecule has 13 heteroatoms. The predicted octanol–water partition coefficient (Wildman–Crippen LogP) is 7.02. The Labute approximate surface area is 231 Å². The van der Waals surface area contributed by atoms with Crippen LogP contribution in [-0.2, 0) is 21.0 Å². The lowest BCUT2D eigenvalue weighted by Crippen LogP contribution is -2.43. The number of carboxylic acid groups (broad SMARTS) is 1. The van der Waals surface area contributed by atoms with Crippen molar-refractivity contribution in [2.45, 2.75) is 36.9 Å². The van der Waals surface area contributed by atoms with E-state index in [9.17, 15) is 35.2 Å². The minimum absolute atomic E-state index is 0.0297. The summed E-state index contributed by atoms with van der Waals surface area (Å²) in [6, 6.07) is 9.85. The van der Waals surface area contributed by atoms with E-state index in [4.69, 9.17) is 21.4 Å². The van der Waals surface area contributed by atoms with E-state index in [-0.39, 0.29) is 40.9 Å². The summed E-state index contributed by atoms with van der Waals surface area (Å²) in [5, 5.41) is 9.21. The van der Waals surface area contributed by atoms with Crippen molar-refractivity contribution in [1.82, 2.24) is 0 Å². The van der Waals surface area contributed by atoms with E-state index in [0.717, 1.165) is 10.4 Å². The molecule has 0 amide bonds. The van der Waals surface area contributed by atoms with Gasteiger partial charge in [0, 0.05) is 12.0 Å². The molecule has 3 aromatic rings. The Morgan fingerprint density at radius 2 is 1.85 bits per heavy atom. The number of rotatable bonds is 7. The molecule has 3 aromatic carbocycles. The summed E-state index contributed by atoms with van der Waals surface area (Å²) in [5.41, 5.74) is -0.883. The van der Waals surface area contributed by atoms with Crippen molar-refractivity contribution in [1.29, 1.82) is 0 Å². The van der Waals surface area contributed by atoms with Crippen molar-refractivity contribution in [3.05, 3.63) is 87.9 Å². The normalized spacial score (nSPS) is 15.9. The maximum Gasteiger partial charge on any atom is 0.419 e. The first-order valence-corrected chi connectivity index (χ1v) is 13.5. The van der Waals surface area contributed by atoms with E-state index < -0.39 is 56.9 Å². The fourth-order valence-electron chi connectivity index (χ4n) is 4.29. The molecule has 1 aliphatic heterocycles. The molecule has 0 bridgehead atoms. The van der Waals surface area contributed by atoms with Crippen molar-refractivity contribution in [3.63, 3.8) is 0 Å². The number of nitrogens with zero attached hydrogens (tertiary/aromatic N) is 1. The van der Waals surface area contributed by atoms with Gasteiger partial charge >= 0.3 is 12.1 Å². The van der Waals surface area contributed by atoms with Gasteiger partial charge in [0.2, 0.25) is 0 Å². The highest BCUT2D eigenvalue weighted by molar-refractivity contribution is 7.92. The van der Waals surface area contributed by atoms with Gasteiger partial charge in [-0.1, -0.05) is 29.8 Å². The van der Waals surface area contributed by atoms with Gasteiger partial charge in [-0.25, -0.2) is 17.2 Å². The van der Waals surface area contributed by atoms with E-state index in [1.54, 1.807) is 13.0 Å². The van der Waals surface area contributed by atoms with Crippen LogP contribution in [0.25, 0.3) is 11.6 Å². The highest BCUT2D eigenvalue weighted by atomic mass is 35.5. The van der Waals surface area contributed by atoms with Crippen LogP contribution in [0, 0.1) is 11.6 Å². The zero-order valence-corrected chi connectivity index (χ0v) is 22.2. The molecule has 1 unspecified atom stereocenters. The monoisotopic (exact) mass is 601 g/mol. The minimum Gasteiger partial charge on any atom is -0.486 e. The van der Waals surface area contributed by atoms with Crippen LogP contribution < -0.4 is 9.04 Å². The highest BCUT2D eigenvalue weighted by Gasteiger charge is 2.39. The molecular weight excluding hydrogens is 581 g/mol. The molecule has 0 aromatic heterocycles. The molecule has 1 heterocycles. The lowest BCUT2D eigenvalue weighted by molar-refractivity contribution is -0.140. The number of aliphatic carboxylic acids is 1. The quantitative estimate of drug-likeness (QED) is 0.232. The first-order valence-electron chi connectivity index (χ1n) is 11.7. The summed E-state index contributed by atoms with van der Waals surface area (Å²) in [6.45, 7) is 1.17. The van der Waals surface area contributed by atoms with Gasteiger partial charge in [0.05, 0.1) is 27.7 Å². The second-order valence-electron chi connectivity index (χ2n) is 9.00. The van der Waals surface area contributed by atoms with E-state index in [1.165, 1.54) is 36.4 Å². The third kappa shape index (κ3) is 6.07. The van der Waals surface area contributed by atoms with Gasteiger partial charge in [-0.15, -0.1) is 0 Å². The number of halogens is 6. The average molecular weight is 602 g/mol. The number of hydrogen-bond donors (Lipinski definition) is 1. The van der Waals surface area contributed by atoms with Gasteiger partial charge in [-0.3, -0.25) is 9.10 Å². The van der Waals surface area contributed by atoms with Gasteiger partial charge in [0.1, 0.15) is 23.5 Å². The molecular formula is C27H21ClF5NO5S. The molecule has 1 N–H and O–H groups in total. The van der Waals surface area contributed by atoms with Crippen LogP contribution >= 0.6 is 11.6 Å². The Morgan fingerprint density at radius 3 is 2.50 bits per heavy atom. The fourth-order valence-corrected chi connectivity index (χ4v) is 6.12. The molecule has 6 nitrogen and oxygen atoms in total. The molecule has 212 valence electrons. The first kappa shape index (κ1) is 29.3. The summed E-state index contributed by atoms with van der Waals surface area (Å²) >= 11 is 6.14. The number of carboxylic acids is 1. The number of benzene rings is 3. The van der Waals surface area contributed by atoms with E-state index in [2.05, 4.69) is 0 Å². The number of sulfonamides is 1. The van der Waals surface area contributed by atoms with Crippen LogP contribution in [0.5, 0.6) is 5.75 Å². The Morgan fingerprint density at radius 1 is 1.12 bits per heavy atom. The van der Waals surface area contributed by atoms with Crippen LogP contribution in [0.15, 0.2) is 59.5 Å². The Hall–Kier alpha value is -3.64. The SMILES string of the molecule is CC(=Cc1ccc2c(c1)N(S(=O)(=O)c1ccc(F)c(C(F)(F)F)c1)CC(CCC(=O)O)O2)c1c(F)cccc1Cl. The third-order valence-electron chi connectivity index (χ3n) is 6.17. The summed E-state index contributed by atoms with van der Waals surface area (Å²) < 4.78 is 102. The van der Waals surface area contributed by atoms with Gasteiger partial charge in [0.15, 0.2) is 0 Å². The molecule has 1 aliphatic rings. The molecule has 0 saturated carbocycles. The summed E-state index contributed by atoms with van der Waals surface area (Å²) in [6.07, 6.45) is -5.00. The van der Waals surface area contributed by atoms with Crippen molar-refractivity contribution in [2.75, 3.05) is 10.8 Å². The van der Waals surface area contributed by atoms with Gasteiger partial charge < -0.3 is 9.84 Å². The number of hydrogen-bond acceptors (Lipinski definition) is 4. The van der Waals surface area contributed by atoms with Crippen molar-refractivity contribution >= 4 is 44.9 Å². The summed E-state index contributed by atoms with van der Waals surface area (Å²) in [4.78, 5) is 10.3. The Balaban J connectivity index is 1.82. The van der Waals surface area contributed by atoms with Crippen LogP contribution in [0.1, 0.15) is 36.5 Å². The van der Waals surface area contributed by atoms with E-state index in [0.29, 0.717) is 17.2 Å². The smallest absolute Gasteiger partial charge is 0.419 e. The van der Waals surface area contributed by atoms with Gasteiger partial charge in [0.25, 0.3) is 10.0 Å². The van der Waals surface area contributed by atoms with Gasteiger partial charge in [-0.2, -0.15) is 13.2 Å². The molecule has 0 fully saturated rings. The molecule has 0 spiro atoms. The predicted molar refractivity (Wildman–Crippen MR) is 139 cm³/mol. The van der Waals surface area contributed by atoms with Crippen molar-refractivity contribution in [3.8, 4) is 5.75 Å². The maximum atomic E-state index is 14.4. The minimum atomic E-state index is -5.15. The highest BCUT2D eigenvalue weighted by Crippen LogP contribution is 2.41. The standard InChI is InChI=1S/C27H21ClF5NO5S/c1-15(26-20(28)3-2-4-22(26)30)11-16-5-9-24-23(12-16)34(14-17(39-24)6-10-25(35)36)40(37,38)18-7-8-21(29)19(13-18)27(31,32)33/h2-5,7-9,11-13,17H,6,10,14H2,1H3,(H,35,36). The number of anilines is 1. The van der Waals surface area contributed by atoms with Crippen LogP contribution in [0.3, 0.4) is 0 Å². The number of fused-ring (bicyclic) bond motifs is 1. The molecule has 1 atom stereocenters. The second kappa shape index (κ2) is 11.1. The third-order valence-corrected chi connectivity index (χ3v) is 8.26. The van der Waals surface area contributed by atoms with Crippen molar-refractivity contribution in [2.24, 2.45) is 0 Å². The fraction of sp³-hybridized carbons (Fsp3) is 0.222. The van der Waals surface area contributed by atoms with Crippen LogP contribution in [0.4, 0.5) is 27.6 Å². The topological polar surface area (TPSA) is 83.9 Å². The molecule has 4 rings (SSSR count). The summed E-state index contributed by atoms with van der Waals surface area (Å²) in [7, 11) is -4.72. The number of carbonyl (C=O) groups is 1. The molecule has 0 saturated heterocycles. The molecule has 0 aliphatic carbocycles. The van der Waals surface area contributed by atoms with Crippen molar-refractivity contribution < 1.29 is 45.0 Å². The van der Waals surface area contributed by atoms with Gasteiger partial charge in [-0.05, 0) is 66.9 Å². The van der Waals surface area contributed by atoms with E-state index >= 15 is 0 Å². The molecule has 0 radical (unpaired) electrons. The summed E-state index contributed by atoms with van der Waals surface area (Å²) in [5.74, 6) is -3.34. The van der Waals surface area contributed by atoms with E-state index in [1.807, 2.05) is 0 Å². The Bertz CT molecular complexity index is 1590. The molecule has 40 heavy (non-hydrogen) atoms. The maximum absolute atomic E-state index is 14.4. The number of allylic oxidation sites excluding steroid dienone is 1. The second-order valence-corrected chi connectivity index (χ2v) is 11.3. The number of ether oxygens (including phenoxy) is 1. The first-order chi connectivity index (χ1) is 18.7. The average Bonchev–Trinajstić information content (AvgIpc) is 2.86. The lowest BCUT2D eigenvalue weighted by Gasteiger charge is -2.35. The zero-order valence-electron chi connectivity index (χ0n) is 20.7. The largest absolute Gasteiger partial charge is 0.486 e. The van der Waals surface area contributed by atoms with Crippen LogP contribution in [0.2, 0.25) is 5.02 Å². The Kier molecular flexibility index (Phi) is 8.13. The lowest BCUT2D eigenvalue weighted by atomic mass is 10.0. The van der Waals surface area contributed by atoms with Crippen LogP contribution in [-0.4, -0.2) is 32.1 Å². The number of alkyl halides is 3.